The van der Waals surface area contributed by atoms with Crippen LogP contribution in [0.2, 0.25) is 0 Å². The summed E-state index contributed by atoms with van der Waals surface area (Å²) in [7, 11) is 0. The summed E-state index contributed by atoms with van der Waals surface area (Å²) in [5.41, 5.74) is 3.56. The third-order valence-corrected chi connectivity index (χ3v) is 3.70. The van der Waals surface area contributed by atoms with Gasteiger partial charge in [0.25, 0.3) is 0 Å². The maximum absolute atomic E-state index is 13.2. The average Bonchev–Trinajstić information content (AvgIpc) is 2.64. The molecule has 1 aliphatic rings. The molecule has 0 unspecified atom stereocenters. The lowest BCUT2D eigenvalue weighted by Crippen LogP contribution is -2.35. The first-order valence-electron chi connectivity index (χ1n) is 6.18. The molecule has 1 aromatic carbocycles. The third kappa shape index (κ3) is 1.75. The van der Waals surface area contributed by atoms with Gasteiger partial charge in [0.05, 0.1) is 0 Å². The maximum Gasteiger partial charge on any atom is 0.125 e. The summed E-state index contributed by atoms with van der Waals surface area (Å²) >= 11 is 0. The van der Waals surface area contributed by atoms with Gasteiger partial charge >= 0.3 is 0 Å². The quantitative estimate of drug-likeness (QED) is 0.802. The molecule has 0 saturated carbocycles. The van der Waals surface area contributed by atoms with Gasteiger partial charge in [-0.1, -0.05) is 0 Å². The number of fused-ring (bicyclic) bond motifs is 3. The van der Waals surface area contributed by atoms with E-state index in [1.807, 2.05) is 6.07 Å². The highest BCUT2D eigenvalue weighted by Gasteiger charge is 2.21. The predicted molar refractivity (Wildman–Crippen MR) is 69.6 cm³/mol. The number of benzene rings is 1. The van der Waals surface area contributed by atoms with Gasteiger partial charge in [-0.2, -0.15) is 0 Å². The number of halogens is 1. The number of aromatic nitrogens is 1. The molecule has 2 aromatic rings. The highest BCUT2D eigenvalue weighted by atomic mass is 19.1. The summed E-state index contributed by atoms with van der Waals surface area (Å²) in [5, 5.41) is 1.19. The van der Waals surface area contributed by atoms with Crippen molar-refractivity contribution in [3.63, 3.8) is 0 Å². The molecule has 0 saturated heterocycles. The smallest absolute Gasteiger partial charge is 0.125 e. The number of rotatable bonds is 1. The van der Waals surface area contributed by atoms with Crippen LogP contribution in [0.5, 0.6) is 0 Å². The van der Waals surface area contributed by atoms with Crippen molar-refractivity contribution < 1.29 is 5.82 Å². The van der Waals surface area contributed by atoms with E-state index in [2.05, 4.69) is 23.7 Å². The molecule has 3 heteroatoms. The molecule has 0 atom stereocenters. The monoisotopic (exact) mass is 234 g/mol. The second kappa shape index (κ2) is 3.84. The lowest BCUT2D eigenvalue weighted by molar-refractivity contribution is 0.201. The van der Waals surface area contributed by atoms with E-state index in [1.165, 1.54) is 16.6 Å². The maximum atomic E-state index is 13.2. The number of hydrogen-bond acceptors (Lipinski definition) is 1. The SMILES string of the molecule is CC(C)N1CCc2c([nH]c3cc(F)ccc23)C1.[HH]. The van der Waals surface area contributed by atoms with Crippen molar-refractivity contribution >= 4 is 10.9 Å². The van der Waals surface area contributed by atoms with Crippen LogP contribution in [0.15, 0.2) is 18.2 Å². The summed E-state index contributed by atoms with van der Waals surface area (Å²) in [5.74, 6) is -0.170. The van der Waals surface area contributed by atoms with E-state index in [0.717, 1.165) is 25.0 Å². The summed E-state index contributed by atoms with van der Waals surface area (Å²) in [4.78, 5) is 5.80. The molecule has 0 amide bonds. The van der Waals surface area contributed by atoms with Crippen LogP contribution in [0.25, 0.3) is 10.9 Å². The van der Waals surface area contributed by atoms with Crippen molar-refractivity contribution in [2.45, 2.75) is 32.9 Å². The van der Waals surface area contributed by atoms with Gasteiger partial charge in [0.1, 0.15) is 5.82 Å². The van der Waals surface area contributed by atoms with Crippen molar-refractivity contribution in [2.24, 2.45) is 0 Å². The fourth-order valence-corrected chi connectivity index (χ4v) is 2.68. The van der Waals surface area contributed by atoms with Crippen LogP contribution >= 0.6 is 0 Å². The van der Waals surface area contributed by atoms with Crippen LogP contribution in [-0.2, 0) is 13.0 Å². The molecule has 1 aliphatic heterocycles. The van der Waals surface area contributed by atoms with E-state index in [4.69, 9.17) is 0 Å². The highest BCUT2D eigenvalue weighted by molar-refractivity contribution is 5.85. The molecule has 0 fully saturated rings. The zero-order chi connectivity index (χ0) is 12.0. The number of hydrogen-bond donors (Lipinski definition) is 1. The molecule has 0 spiro atoms. The Balaban J connectivity index is 0.00000120. The topological polar surface area (TPSA) is 19.0 Å². The second-order valence-corrected chi connectivity index (χ2v) is 5.09. The molecule has 0 aliphatic carbocycles. The van der Waals surface area contributed by atoms with Crippen LogP contribution in [0.1, 0.15) is 26.5 Å². The Morgan fingerprint density at radius 2 is 2.24 bits per heavy atom. The zero-order valence-electron chi connectivity index (χ0n) is 10.3. The van der Waals surface area contributed by atoms with Crippen LogP contribution in [-0.4, -0.2) is 22.5 Å². The van der Waals surface area contributed by atoms with Gasteiger partial charge < -0.3 is 4.98 Å². The number of aromatic amines is 1. The molecule has 3 rings (SSSR count). The third-order valence-electron chi connectivity index (χ3n) is 3.70. The van der Waals surface area contributed by atoms with Gasteiger partial charge in [0.2, 0.25) is 0 Å². The van der Waals surface area contributed by atoms with Gasteiger partial charge in [0.15, 0.2) is 0 Å². The van der Waals surface area contributed by atoms with Crippen LogP contribution in [0, 0.1) is 5.82 Å². The predicted octanol–water partition coefficient (Wildman–Crippen LogP) is 3.32. The largest absolute Gasteiger partial charge is 0.357 e. The lowest BCUT2D eigenvalue weighted by Gasteiger charge is -2.30. The fraction of sp³-hybridized carbons (Fsp3) is 0.429. The standard InChI is InChI=1S/C14H17FN2.H2/c1-9(2)17-6-5-12-11-4-3-10(15)7-13(11)16-14(12)8-17;/h3-4,7,9,16H,5-6,8H2,1-2H3;1H. The minimum Gasteiger partial charge on any atom is -0.357 e. The Morgan fingerprint density at radius 1 is 1.41 bits per heavy atom. The first-order chi connectivity index (χ1) is 8.15. The number of nitrogens with one attached hydrogen (secondary N) is 1. The summed E-state index contributed by atoms with van der Waals surface area (Å²) in [6.45, 7) is 6.47. The molecular weight excluding hydrogens is 215 g/mol. The first-order valence-corrected chi connectivity index (χ1v) is 6.18. The molecule has 0 bridgehead atoms. The van der Waals surface area contributed by atoms with Crippen molar-refractivity contribution in [1.82, 2.24) is 9.88 Å². The molecule has 1 N–H and O–H groups in total. The Hall–Kier alpha value is -1.35. The van der Waals surface area contributed by atoms with E-state index < -0.39 is 0 Å². The Labute approximate surface area is 102 Å². The average molecular weight is 234 g/mol. The second-order valence-electron chi connectivity index (χ2n) is 5.09. The van der Waals surface area contributed by atoms with E-state index in [9.17, 15) is 4.39 Å². The minimum absolute atomic E-state index is 0. The Bertz CT molecular complexity index is 562. The molecule has 0 radical (unpaired) electrons. The lowest BCUT2D eigenvalue weighted by atomic mass is 10.0. The summed E-state index contributed by atoms with van der Waals surface area (Å²) in [6.07, 6.45) is 1.05. The van der Waals surface area contributed by atoms with Gasteiger partial charge in [-0.25, -0.2) is 4.39 Å². The van der Waals surface area contributed by atoms with E-state index >= 15 is 0 Å². The van der Waals surface area contributed by atoms with Crippen molar-refractivity contribution in [3.05, 3.63) is 35.3 Å². The highest BCUT2D eigenvalue weighted by Crippen LogP contribution is 2.28. The van der Waals surface area contributed by atoms with Crippen molar-refractivity contribution in [1.29, 1.82) is 0 Å². The normalized spacial score (nSPS) is 16.7. The number of H-pyrrole nitrogens is 1. The zero-order valence-corrected chi connectivity index (χ0v) is 10.3. The van der Waals surface area contributed by atoms with E-state index in [1.54, 1.807) is 12.1 Å². The van der Waals surface area contributed by atoms with Crippen LogP contribution in [0.3, 0.4) is 0 Å². The van der Waals surface area contributed by atoms with E-state index in [0.29, 0.717) is 6.04 Å². The molecule has 92 valence electrons. The van der Waals surface area contributed by atoms with Gasteiger partial charge in [-0.15, -0.1) is 0 Å². The molecular formula is C14H19FN2. The molecule has 2 nitrogen and oxygen atoms in total. The van der Waals surface area contributed by atoms with Gasteiger partial charge in [0, 0.05) is 37.2 Å². The fourth-order valence-electron chi connectivity index (χ4n) is 2.68. The van der Waals surface area contributed by atoms with Crippen LogP contribution in [0.4, 0.5) is 4.39 Å². The van der Waals surface area contributed by atoms with Gasteiger partial charge in [-0.05, 0) is 44.0 Å². The Kier molecular flexibility index (Phi) is 2.44. The van der Waals surface area contributed by atoms with E-state index in [-0.39, 0.29) is 7.24 Å². The summed E-state index contributed by atoms with van der Waals surface area (Å²) < 4.78 is 13.2. The minimum atomic E-state index is -0.170. The molecule has 17 heavy (non-hydrogen) atoms. The molecule has 1 aromatic heterocycles. The van der Waals surface area contributed by atoms with Crippen molar-refractivity contribution in [3.8, 4) is 0 Å². The summed E-state index contributed by atoms with van der Waals surface area (Å²) in [6, 6.07) is 5.59. The van der Waals surface area contributed by atoms with Crippen molar-refractivity contribution in [2.75, 3.05) is 6.54 Å². The van der Waals surface area contributed by atoms with Gasteiger partial charge in [-0.3, -0.25) is 4.90 Å². The Morgan fingerprint density at radius 3 is 3.00 bits per heavy atom. The molecule has 2 heterocycles. The number of nitrogens with zero attached hydrogens (tertiary/aromatic N) is 1. The first kappa shape index (κ1) is 10.8. The van der Waals surface area contributed by atoms with Crippen LogP contribution < -0.4 is 0 Å².